The van der Waals surface area contributed by atoms with Gasteiger partial charge in [-0.2, -0.15) is 0 Å². The van der Waals surface area contributed by atoms with E-state index >= 15 is 0 Å². The lowest BCUT2D eigenvalue weighted by atomic mass is 10.4. The van der Waals surface area contributed by atoms with E-state index in [1.807, 2.05) is 4.93 Å². The van der Waals surface area contributed by atoms with Crippen LogP contribution < -0.4 is 0 Å². The van der Waals surface area contributed by atoms with Crippen molar-refractivity contribution in [2.24, 2.45) is 0 Å². The third-order valence-corrected chi connectivity index (χ3v) is 1.25. The molecule has 0 aromatic carbocycles. The lowest BCUT2D eigenvalue weighted by Gasteiger charge is -1.67. The molecule has 0 spiro atoms. The largest absolute Gasteiger partial charge is 0.0901 e. The van der Waals surface area contributed by atoms with Crippen molar-refractivity contribution in [1.82, 2.24) is 0 Å². The van der Waals surface area contributed by atoms with Crippen molar-refractivity contribution in [1.29, 1.82) is 0 Å². The van der Waals surface area contributed by atoms with E-state index in [4.69, 9.17) is 0 Å². The monoisotopic (exact) mass is 212 g/mol. The maximum atomic E-state index is 2.15. The molecule has 0 N–H and O–H groups in total. The van der Waals surface area contributed by atoms with Crippen molar-refractivity contribution in [2.45, 2.75) is 32.1 Å². The maximum Gasteiger partial charge on any atom is -0.0121 e. The van der Waals surface area contributed by atoms with Crippen LogP contribution in [0.2, 0.25) is 0 Å². The summed E-state index contributed by atoms with van der Waals surface area (Å²) in [5, 5.41) is 0. The number of halogens is 1. The minimum Gasteiger partial charge on any atom is -0.0901 e. The van der Waals surface area contributed by atoms with Gasteiger partial charge in [0.05, 0.1) is 0 Å². The fraction of sp³-hybridized carbons (Fsp3) is 1.00. The van der Waals surface area contributed by atoms with Gasteiger partial charge in [0.2, 0.25) is 0 Å². The Bertz CT molecular complexity index is 15.8. The topological polar surface area (TPSA) is 0 Å². The van der Waals surface area contributed by atoms with Gasteiger partial charge in [-0.05, 0) is 4.93 Å². The first-order chi connectivity index (χ1) is 3.50. The molecule has 7 heavy (non-hydrogen) atoms. The van der Waals surface area contributed by atoms with Crippen molar-refractivity contribution in [3.05, 3.63) is 0 Å². The van der Waals surface area contributed by atoms with Crippen molar-refractivity contribution < 1.29 is 0 Å². The van der Waals surface area contributed by atoms with E-state index in [1.54, 1.807) is 0 Å². The minimum absolute atomic E-state index is 1.50. The van der Waals surface area contributed by atoms with Gasteiger partial charge in [-0.25, -0.2) is 0 Å². The average Bonchev–Trinajstić information content (AvgIpc) is 2.23. The van der Waals surface area contributed by atoms with Crippen molar-refractivity contribution in [3.8, 4) is 0 Å². The highest BCUT2D eigenvalue weighted by Gasteiger charge is 1.95. The summed E-state index contributed by atoms with van der Waals surface area (Å²) in [6.45, 7) is 0. The highest BCUT2D eigenvalue weighted by Crippen LogP contribution is 2.15. The minimum atomic E-state index is 1.50. The van der Waals surface area contributed by atoms with Crippen LogP contribution in [0.4, 0.5) is 0 Å². The van der Waals surface area contributed by atoms with E-state index in [0.717, 1.165) is 0 Å². The molecule has 1 aliphatic rings. The molecule has 0 saturated heterocycles. The third kappa shape index (κ3) is 4.59. The maximum absolute atomic E-state index is 2.15. The van der Waals surface area contributed by atoms with Crippen LogP contribution in [0.25, 0.3) is 0 Å². The second kappa shape index (κ2) is 6.73. The van der Waals surface area contributed by atoms with Gasteiger partial charge in [0.15, 0.2) is 0 Å². The lowest BCUT2D eigenvalue weighted by Crippen LogP contribution is -1.47. The predicted octanol–water partition coefficient (Wildman–Crippen LogP) is 3.00. The van der Waals surface area contributed by atoms with E-state index in [1.165, 1.54) is 32.1 Å². The van der Waals surface area contributed by atoms with Gasteiger partial charge in [-0.15, -0.1) is 0 Å². The molecule has 0 aromatic heterocycles. The molecule has 0 bridgehead atoms. The zero-order valence-electron chi connectivity index (χ0n) is 4.91. The summed E-state index contributed by atoms with van der Waals surface area (Å²) in [7, 11) is 0. The van der Waals surface area contributed by atoms with Gasteiger partial charge in [-0.3, -0.25) is 0 Å². The van der Waals surface area contributed by atoms with Crippen LogP contribution in [0.5, 0.6) is 0 Å². The molecular formula is C6H13I. The standard InChI is InChI=1S/C5H10.CH3I/c1-2-4-5-3-1;1-2/h1-5H2;1H3. The zero-order valence-corrected chi connectivity index (χ0v) is 7.07. The third-order valence-electron chi connectivity index (χ3n) is 1.25. The van der Waals surface area contributed by atoms with Crippen molar-refractivity contribution in [2.75, 3.05) is 4.93 Å². The van der Waals surface area contributed by atoms with Crippen LogP contribution in [0.1, 0.15) is 32.1 Å². The van der Waals surface area contributed by atoms with Crippen LogP contribution >= 0.6 is 22.6 Å². The molecule has 0 amide bonds. The summed E-state index contributed by atoms with van der Waals surface area (Å²) in [5.74, 6) is 0. The Morgan fingerprint density at radius 1 is 0.714 bits per heavy atom. The molecule has 1 heteroatoms. The highest BCUT2D eigenvalue weighted by molar-refractivity contribution is 14.1. The summed E-state index contributed by atoms with van der Waals surface area (Å²) < 4.78 is 0. The van der Waals surface area contributed by atoms with Crippen LogP contribution in [-0.2, 0) is 0 Å². The summed E-state index contributed by atoms with van der Waals surface area (Å²) in [6, 6.07) is 0. The fourth-order valence-electron chi connectivity index (χ4n) is 0.884. The second-order valence-corrected chi connectivity index (χ2v) is 1.77. The van der Waals surface area contributed by atoms with Crippen LogP contribution in [0.15, 0.2) is 0 Å². The van der Waals surface area contributed by atoms with Crippen LogP contribution in [0.3, 0.4) is 0 Å². The Kier molecular flexibility index (Phi) is 7.43. The highest BCUT2D eigenvalue weighted by atomic mass is 127. The summed E-state index contributed by atoms with van der Waals surface area (Å²) in [4.78, 5) is 1.97. The lowest BCUT2D eigenvalue weighted by molar-refractivity contribution is 0.886. The molecule has 0 aromatic rings. The molecule has 1 rings (SSSR count). The van der Waals surface area contributed by atoms with E-state index in [0.29, 0.717) is 0 Å². The molecule has 0 aliphatic heterocycles. The Balaban J connectivity index is 0.000000162. The van der Waals surface area contributed by atoms with Gasteiger partial charge >= 0.3 is 0 Å². The fourth-order valence-corrected chi connectivity index (χ4v) is 0.884. The first kappa shape index (κ1) is 7.73. The van der Waals surface area contributed by atoms with Gasteiger partial charge in [0.1, 0.15) is 0 Å². The van der Waals surface area contributed by atoms with E-state index in [9.17, 15) is 0 Å². The SMILES string of the molecule is C1CCCC1.CI. The second-order valence-electron chi connectivity index (χ2n) is 1.77. The number of alkyl halides is 1. The molecule has 0 heterocycles. The molecule has 0 atom stereocenters. The molecule has 1 fully saturated rings. The summed E-state index contributed by atoms with van der Waals surface area (Å²) in [6.07, 6.45) is 7.50. The summed E-state index contributed by atoms with van der Waals surface area (Å²) in [5.41, 5.74) is 0. The Labute approximate surface area is 59.8 Å². The van der Waals surface area contributed by atoms with E-state index in [-0.39, 0.29) is 0 Å². The molecular weight excluding hydrogens is 199 g/mol. The quantitative estimate of drug-likeness (QED) is 0.427. The van der Waals surface area contributed by atoms with Gasteiger partial charge in [0, 0.05) is 0 Å². The van der Waals surface area contributed by atoms with Crippen molar-refractivity contribution in [3.63, 3.8) is 0 Å². The van der Waals surface area contributed by atoms with Gasteiger partial charge in [0.25, 0.3) is 0 Å². The Morgan fingerprint density at radius 3 is 1.00 bits per heavy atom. The Hall–Kier alpha value is 0.730. The summed E-state index contributed by atoms with van der Waals surface area (Å²) >= 11 is 2.15. The molecule has 0 radical (unpaired) electrons. The average molecular weight is 212 g/mol. The molecule has 1 saturated carbocycles. The van der Waals surface area contributed by atoms with Crippen LogP contribution in [0, 0.1) is 0 Å². The first-order valence-electron chi connectivity index (χ1n) is 2.88. The van der Waals surface area contributed by atoms with E-state index < -0.39 is 0 Å². The normalized spacial score (nSPS) is 18.0. The molecule has 1 aliphatic carbocycles. The van der Waals surface area contributed by atoms with Gasteiger partial charge in [-0.1, -0.05) is 54.7 Å². The number of hydrogen-bond acceptors (Lipinski definition) is 0. The molecule has 0 unspecified atom stereocenters. The first-order valence-corrected chi connectivity index (χ1v) is 5.04. The smallest absolute Gasteiger partial charge is 0.0121 e. The Morgan fingerprint density at radius 2 is 0.857 bits per heavy atom. The van der Waals surface area contributed by atoms with Crippen LogP contribution in [-0.4, -0.2) is 4.93 Å². The molecule has 0 nitrogen and oxygen atoms in total. The predicted molar refractivity (Wildman–Crippen MR) is 43.0 cm³/mol. The van der Waals surface area contributed by atoms with Crippen molar-refractivity contribution >= 4 is 22.6 Å². The number of rotatable bonds is 0. The zero-order chi connectivity index (χ0) is 5.54. The van der Waals surface area contributed by atoms with E-state index in [2.05, 4.69) is 22.6 Å². The van der Waals surface area contributed by atoms with Gasteiger partial charge < -0.3 is 0 Å². The molecule has 44 valence electrons. The number of hydrogen-bond donors (Lipinski definition) is 0.